The number of aromatic amines is 4. The summed E-state index contributed by atoms with van der Waals surface area (Å²) in [7, 11) is -29.8. The Balaban J connectivity index is 0.923. The van der Waals surface area contributed by atoms with E-state index >= 15 is 0 Å². The topological polar surface area (TPSA) is 590 Å². The molecular formula is C52H38Cl4N18O20S6. The van der Waals surface area contributed by atoms with Gasteiger partial charge in [0.25, 0.3) is 60.7 Å². The van der Waals surface area contributed by atoms with Crippen LogP contribution < -0.4 is 22.5 Å². The van der Waals surface area contributed by atoms with Gasteiger partial charge >= 0.3 is 0 Å². The number of aromatic nitrogens is 10. The lowest BCUT2D eigenvalue weighted by Crippen LogP contribution is -2.26. The number of hydrogen-bond acceptors (Lipinski definition) is 26. The summed E-state index contributed by atoms with van der Waals surface area (Å²) in [4.78, 5) is 31.1. The van der Waals surface area contributed by atoms with E-state index in [2.05, 4.69) is 80.5 Å². The van der Waals surface area contributed by atoms with Crippen molar-refractivity contribution in [3.05, 3.63) is 175 Å². The molecule has 0 saturated heterocycles. The second-order valence-electron chi connectivity index (χ2n) is 20.0. The molecular weight excluding hydrogens is 1530 g/mol. The molecule has 0 saturated carbocycles. The minimum atomic E-state index is -5.13. The first-order valence-electron chi connectivity index (χ1n) is 26.6. The van der Waals surface area contributed by atoms with E-state index in [4.69, 9.17) is 46.4 Å². The fraction of sp³-hybridized carbons (Fsp3) is 0.0385. The van der Waals surface area contributed by atoms with Crippen LogP contribution in [0.4, 0.5) is 45.5 Å². The van der Waals surface area contributed by atoms with Crippen molar-refractivity contribution in [1.82, 2.24) is 49.5 Å². The lowest BCUT2D eigenvalue weighted by Gasteiger charge is -2.07. The first-order chi connectivity index (χ1) is 46.6. The molecule has 0 atom stereocenters. The van der Waals surface area contributed by atoms with Gasteiger partial charge in [0.1, 0.15) is 31.0 Å². The average molecular weight is 1570 g/mol. The molecule has 0 unspecified atom stereocenters. The molecule has 4 aromatic heterocycles. The van der Waals surface area contributed by atoms with Crippen LogP contribution in [0.15, 0.2) is 179 Å². The number of rotatable bonds is 18. The average Bonchev–Trinajstić information content (AvgIpc) is 1.66. The molecule has 0 aliphatic heterocycles. The first kappa shape index (κ1) is 72.9. The molecule has 48 heteroatoms. The molecule has 6 aromatic carbocycles. The smallest absolute Gasteiger partial charge is 0.296 e. The second-order valence-corrected chi connectivity index (χ2v) is 29.9. The molecule has 10 rings (SSSR count). The number of nitrogens with zero attached hydrogens (tertiary/aromatic N) is 14. The highest BCUT2D eigenvalue weighted by molar-refractivity contribution is 7.87. The molecule has 38 nitrogen and oxygen atoms in total. The standard InChI is InChI=1S/C52H38Cl4N18O20S6/c1-23-43(45(75)73(71-23)37-21-31(95(77,78)79)11-13-33(37)53)69-67-35-17-27(9-15-39(35)97(83,84)85)57-49-61-47(55)63-51(65-49)59-29-7-5-25(41(19-29)99(89,90)91)3-4-26-6-8-30(20-42(26)100(92,93)94)60-52-64-48(56)62-50(66-52)58-28-10-16-40(98(86,87)88)36(18-28)68-70-44-24(2)72-74(46(44)76)38-22-32(96(80,81)82)12-14-34(38)54/h3-22,75-76H,1-2H3,(H,77,78,79)(H,80,81,82)(H,83,84,85)(H,86,87,88)(H,89,90,91)(H,92,93,94)(H2,57,59,61,63,65)(H2,58,60,62,64,66). The van der Waals surface area contributed by atoms with Gasteiger partial charge < -0.3 is 20.2 Å². The number of azo groups is 2. The zero-order chi connectivity index (χ0) is 72.9. The van der Waals surface area contributed by atoms with Crippen molar-refractivity contribution < 1.29 is 88.0 Å². The van der Waals surface area contributed by atoms with Crippen LogP contribution in [0.5, 0.6) is 11.8 Å². The van der Waals surface area contributed by atoms with Gasteiger partial charge in [0.05, 0.1) is 65.3 Å². The molecule has 0 bridgehead atoms. The molecule has 0 amide bonds. The van der Waals surface area contributed by atoms with Crippen molar-refractivity contribution >= 4 is 165 Å². The third-order valence-electron chi connectivity index (χ3n) is 13.1. The van der Waals surface area contributed by atoms with Gasteiger partial charge in [0, 0.05) is 0 Å². The van der Waals surface area contributed by atoms with Crippen LogP contribution in [0.2, 0.25) is 20.6 Å². The minimum Gasteiger partial charge on any atom is -0.492 e. The van der Waals surface area contributed by atoms with E-state index in [0.717, 1.165) is 119 Å². The Morgan fingerprint density at radius 1 is 0.400 bits per heavy atom. The van der Waals surface area contributed by atoms with Gasteiger partial charge in [0.15, 0.2) is 11.4 Å². The van der Waals surface area contributed by atoms with Crippen LogP contribution in [0.3, 0.4) is 0 Å². The highest BCUT2D eigenvalue weighted by atomic mass is 35.5. The predicted molar refractivity (Wildman–Crippen MR) is 349 cm³/mol. The fourth-order valence-electron chi connectivity index (χ4n) is 8.74. The Bertz CT molecular complexity index is 5880. The van der Waals surface area contributed by atoms with Gasteiger partial charge in [-0.05, 0) is 145 Å². The van der Waals surface area contributed by atoms with Crippen molar-refractivity contribution in [2.24, 2.45) is 40.4 Å². The maximum absolute atomic E-state index is 12.9. The number of halogens is 4. The maximum atomic E-state index is 12.9. The lowest BCUT2D eigenvalue weighted by molar-refractivity contribution is 0.434. The van der Waals surface area contributed by atoms with E-state index in [-0.39, 0.29) is 111 Å². The number of nitrogens with one attached hydrogen (secondary N) is 4. The van der Waals surface area contributed by atoms with E-state index in [1.807, 2.05) is 0 Å². The van der Waals surface area contributed by atoms with E-state index < -0.39 is 113 Å². The summed E-state index contributed by atoms with van der Waals surface area (Å²) < 4.78 is 210. The normalized spacial score (nSPS) is 13.7. The summed E-state index contributed by atoms with van der Waals surface area (Å²) in [5, 5.41) is 44.9. The number of H-pyrrole nitrogens is 4. The molecule has 4 heterocycles. The highest BCUT2D eigenvalue weighted by Gasteiger charge is 2.25. The minimum absolute atomic E-state index is 0.0538. The summed E-state index contributed by atoms with van der Waals surface area (Å²) in [6, 6.07) is 18.5. The molecule has 12 N–H and O–H groups in total. The second kappa shape index (κ2) is 27.7. The van der Waals surface area contributed by atoms with Crippen LogP contribution in [0, 0.1) is 13.8 Å². The summed E-state index contributed by atoms with van der Waals surface area (Å²) >= 11 is 25.0. The third kappa shape index (κ3) is 16.9. The summed E-state index contributed by atoms with van der Waals surface area (Å²) in [6.07, 6.45) is 2.13. The Morgan fingerprint density at radius 2 is 0.740 bits per heavy atom. The van der Waals surface area contributed by atoms with Crippen LogP contribution in [-0.4, -0.2) is 138 Å². The number of benzene rings is 6. The summed E-state index contributed by atoms with van der Waals surface area (Å²) in [5.74, 6) is -1.55. The summed E-state index contributed by atoms with van der Waals surface area (Å²) in [5.41, 5.74) is -4.85. The Hall–Kier alpha value is -9.88. The van der Waals surface area contributed by atoms with E-state index in [9.17, 15) is 88.0 Å². The van der Waals surface area contributed by atoms with Crippen molar-refractivity contribution in [3.8, 4) is 23.1 Å². The van der Waals surface area contributed by atoms with Crippen LogP contribution in [0.25, 0.3) is 23.5 Å². The van der Waals surface area contributed by atoms with Gasteiger partial charge in [-0.15, -0.1) is 20.5 Å². The zero-order valence-electron chi connectivity index (χ0n) is 49.2. The van der Waals surface area contributed by atoms with E-state index in [1.54, 1.807) is 0 Å². The van der Waals surface area contributed by atoms with Crippen molar-refractivity contribution in [1.29, 1.82) is 0 Å². The Morgan fingerprint density at radius 3 is 1.08 bits per heavy atom. The monoisotopic (exact) mass is 1570 g/mol. The van der Waals surface area contributed by atoms with Gasteiger partial charge in [-0.1, -0.05) is 47.5 Å². The fourth-order valence-corrected chi connectivity index (χ4v) is 13.1. The van der Waals surface area contributed by atoms with E-state index in [0.29, 0.717) is 0 Å². The van der Waals surface area contributed by atoms with Crippen LogP contribution in [-0.2, 0) is 60.7 Å². The first-order valence-corrected chi connectivity index (χ1v) is 36.7. The van der Waals surface area contributed by atoms with Crippen LogP contribution in [0.1, 0.15) is 22.5 Å². The number of aromatic hydroxyl groups is 2. The number of hydrogen-bond donors (Lipinski definition) is 12. The largest absolute Gasteiger partial charge is 0.492 e. The molecule has 0 fully saturated rings. The van der Waals surface area contributed by atoms with Gasteiger partial charge in [-0.2, -0.15) is 80.0 Å². The quantitative estimate of drug-likeness (QED) is 0.0218. The third-order valence-corrected chi connectivity index (χ3v) is 19.4. The van der Waals surface area contributed by atoms with Gasteiger partial charge in [-0.25, -0.2) is 20.0 Å². The zero-order valence-corrected chi connectivity index (χ0v) is 57.2. The molecule has 0 aliphatic rings. The van der Waals surface area contributed by atoms with E-state index in [1.165, 1.54) is 26.0 Å². The van der Waals surface area contributed by atoms with Crippen molar-refractivity contribution in [2.75, 3.05) is 0 Å². The van der Waals surface area contributed by atoms with Crippen LogP contribution >= 0.6 is 46.4 Å². The predicted octanol–water partition coefficient (Wildman–Crippen LogP) is 8.21. The highest BCUT2D eigenvalue weighted by Crippen LogP contribution is 2.40. The van der Waals surface area contributed by atoms with Gasteiger partial charge in [0.2, 0.25) is 44.8 Å². The Kier molecular flexibility index (Phi) is 20.2. The SMILES string of the molecule is Cc1nn(-c2cc(S(=O)(=O)O)ccc2Cl)c(O)c1N=Nc1cc(N=c2nc(Cl)[nH]c(=Nc3ccc(C=Cc4ccc(N=c5[nH]c(Cl)nc(=Nc6ccc(S(=O)(=O)O)c(N=Nc7c(C)nn(-c8cc(S(=O)(=O)O)ccc8Cl)c7O)c6)[nH]5)cc4S(=O)(=O)O)c(S(=O)(=O)O)c3)[nH]2)ccc1S(=O)(=O)O. The lowest BCUT2D eigenvalue weighted by atomic mass is 10.1. The maximum Gasteiger partial charge on any atom is 0.296 e. The molecule has 100 heavy (non-hydrogen) atoms. The Labute approximate surface area is 579 Å². The molecule has 10 aromatic rings. The molecule has 0 spiro atoms. The van der Waals surface area contributed by atoms with Crippen molar-refractivity contribution in [3.63, 3.8) is 0 Å². The number of aryl methyl sites for hydroxylation is 2. The molecule has 0 radical (unpaired) electrons. The molecule has 0 aliphatic carbocycles. The molecule has 520 valence electrons. The summed E-state index contributed by atoms with van der Waals surface area (Å²) in [6.45, 7) is 2.68. The van der Waals surface area contributed by atoms with Crippen molar-refractivity contribution in [2.45, 2.75) is 43.2 Å². The van der Waals surface area contributed by atoms with Gasteiger partial charge in [-0.3, -0.25) is 37.3 Å².